The number of nitrogens with zero attached hydrogens (tertiary/aromatic N) is 1. The predicted molar refractivity (Wildman–Crippen MR) is 41.5 cm³/mol. The monoisotopic (exact) mass is 176 g/mol. The number of aromatic nitrogens is 1. The SMILES string of the molecule is O=C(CCl)Nc1cnsc1. The Morgan fingerprint density at radius 2 is 2.70 bits per heavy atom. The summed E-state index contributed by atoms with van der Waals surface area (Å²) in [5, 5.41) is 4.29. The third-order valence-corrected chi connectivity index (χ3v) is 1.67. The molecule has 1 aromatic rings. The zero-order valence-electron chi connectivity index (χ0n) is 5.00. The molecule has 0 aliphatic rings. The van der Waals surface area contributed by atoms with Crippen molar-refractivity contribution in [3.05, 3.63) is 11.6 Å². The van der Waals surface area contributed by atoms with E-state index in [0.29, 0.717) is 5.69 Å². The van der Waals surface area contributed by atoms with Gasteiger partial charge in [0.2, 0.25) is 5.91 Å². The molecule has 0 saturated heterocycles. The van der Waals surface area contributed by atoms with E-state index in [-0.39, 0.29) is 11.8 Å². The molecule has 0 bridgehead atoms. The maximum Gasteiger partial charge on any atom is 0.239 e. The van der Waals surface area contributed by atoms with Gasteiger partial charge in [-0.25, -0.2) is 0 Å². The molecule has 0 spiro atoms. The first-order chi connectivity index (χ1) is 4.83. The summed E-state index contributed by atoms with van der Waals surface area (Å²) in [6, 6.07) is 0. The minimum atomic E-state index is -0.207. The fourth-order valence-corrected chi connectivity index (χ4v) is 0.996. The van der Waals surface area contributed by atoms with Gasteiger partial charge in [0.1, 0.15) is 5.88 Å². The summed E-state index contributed by atoms with van der Waals surface area (Å²) in [5.74, 6) is -0.225. The first-order valence-electron chi connectivity index (χ1n) is 2.58. The Bertz CT molecular complexity index is 211. The fraction of sp³-hybridized carbons (Fsp3) is 0.200. The average Bonchev–Trinajstić information content (AvgIpc) is 2.40. The number of hydrogen-bond acceptors (Lipinski definition) is 3. The third-order valence-electron chi connectivity index (χ3n) is 0.837. The van der Waals surface area contributed by atoms with Gasteiger partial charge in [0.15, 0.2) is 0 Å². The number of alkyl halides is 1. The normalized spacial score (nSPS) is 9.30. The second kappa shape index (κ2) is 3.53. The van der Waals surface area contributed by atoms with Crippen molar-refractivity contribution in [3.63, 3.8) is 0 Å². The number of carbonyl (C=O) groups excluding carboxylic acids is 1. The van der Waals surface area contributed by atoms with Crippen molar-refractivity contribution >= 4 is 34.7 Å². The van der Waals surface area contributed by atoms with Crippen LogP contribution < -0.4 is 5.32 Å². The standard InChI is InChI=1S/C5H5ClN2OS/c6-1-5(9)8-4-2-7-10-3-4/h2-3H,1H2,(H,8,9). The van der Waals surface area contributed by atoms with E-state index < -0.39 is 0 Å². The highest BCUT2D eigenvalue weighted by atomic mass is 35.5. The molecular weight excluding hydrogens is 172 g/mol. The second-order valence-electron chi connectivity index (χ2n) is 1.59. The fourth-order valence-electron chi connectivity index (χ4n) is 0.461. The van der Waals surface area contributed by atoms with Crippen LogP contribution in [-0.2, 0) is 4.79 Å². The number of carbonyl (C=O) groups is 1. The molecule has 5 heteroatoms. The van der Waals surface area contributed by atoms with Gasteiger partial charge in [0, 0.05) is 5.38 Å². The van der Waals surface area contributed by atoms with E-state index in [0.717, 1.165) is 0 Å². The van der Waals surface area contributed by atoms with Crippen molar-refractivity contribution in [2.24, 2.45) is 0 Å². The highest BCUT2D eigenvalue weighted by Gasteiger charge is 1.98. The molecule has 10 heavy (non-hydrogen) atoms. The number of halogens is 1. The van der Waals surface area contributed by atoms with Crippen molar-refractivity contribution in [3.8, 4) is 0 Å². The molecule has 1 aromatic heterocycles. The molecule has 1 N–H and O–H groups in total. The topological polar surface area (TPSA) is 42.0 Å². The molecule has 0 radical (unpaired) electrons. The van der Waals surface area contributed by atoms with Crippen LogP contribution in [0.2, 0.25) is 0 Å². The van der Waals surface area contributed by atoms with Crippen molar-refractivity contribution in [2.75, 3.05) is 11.2 Å². The van der Waals surface area contributed by atoms with Crippen molar-refractivity contribution < 1.29 is 4.79 Å². The Hall–Kier alpha value is -0.610. The molecule has 1 amide bonds. The Labute approximate surface area is 67.2 Å². The molecule has 0 fully saturated rings. The van der Waals surface area contributed by atoms with E-state index in [1.807, 2.05) is 0 Å². The number of rotatable bonds is 2. The van der Waals surface area contributed by atoms with Crippen LogP contribution >= 0.6 is 23.1 Å². The molecule has 0 aromatic carbocycles. The summed E-state index contributed by atoms with van der Waals surface area (Å²) in [6.45, 7) is 0. The van der Waals surface area contributed by atoms with E-state index in [4.69, 9.17) is 11.6 Å². The summed E-state index contributed by atoms with van der Waals surface area (Å²) < 4.78 is 3.79. The minimum absolute atomic E-state index is 0.0180. The molecule has 0 unspecified atom stereocenters. The van der Waals surface area contributed by atoms with Crippen LogP contribution in [0.5, 0.6) is 0 Å². The predicted octanol–water partition coefficient (Wildman–Crippen LogP) is 1.32. The molecule has 0 saturated carbocycles. The summed E-state index contributed by atoms with van der Waals surface area (Å²) in [6.07, 6.45) is 1.58. The largest absolute Gasteiger partial charge is 0.323 e. The zero-order valence-corrected chi connectivity index (χ0v) is 6.58. The van der Waals surface area contributed by atoms with Gasteiger partial charge in [-0.3, -0.25) is 4.79 Å². The van der Waals surface area contributed by atoms with E-state index in [1.165, 1.54) is 11.5 Å². The molecular formula is C5H5ClN2OS. The molecule has 0 aliphatic heterocycles. The Kier molecular flexibility index (Phi) is 2.65. The maximum absolute atomic E-state index is 10.6. The van der Waals surface area contributed by atoms with Crippen LogP contribution in [-0.4, -0.2) is 16.2 Å². The van der Waals surface area contributed by atoms with Crippen molar-refractivity contribution in [2.45, 2.75) is 0 Å². The van der Waals surface area contributed by atoms with Crippen LogP contribution in [0.3, 0.4) is 0 Å². The Morgan fingerprint density at radius 1 is 1.90 bits per heavy atom. The van der Waals surface area contributed by atoms with Gasteiger partial charge < -0.3 is 5.32 Å². The summed E-state index contributed by atoms with van der Waals surface area (Å²) in [5.41, 5.74) is 0.704. The van der Waals surface area contributed by atoms with Gasteiger partial charge in [-0.2, -0.15) is 4.37 Å². The molecule has 0 atom stereocenters. The van der Waals surface area contributed by atoms with Gasteiger partial charge >= 0.3 is 0 Å². The number of nitrogens with one attached hydrogen (secondary N) is 1. The van der Waals surface area contributed by atoms with Crippen LogP contribution in [0, 0.1) is 0 Å². The number of anilines is 1. The lowest BCUT2D eigenvalue weighted by atomic mass is 10.5. The summed E-state index contributed by atoms with van der Waals surface area (Å²) in [4.78, 5) is 10.6. The quantitative estimate of drug-likeness (QED) is 0.691. The lowest BCUT2D eigenvalue weighted by Gasteiger charge is -1.94. The number of amides is 1. The molecule has 0 aliphatic carbocycles. The van der Waals surface area contributed by atoms with Gasteiger partial charge in [0.25, 0.3) is 0 Å². The van der Waals surface area contributed by atoms with Gasteiger partial charge in [-0.15, -0.1) is 11.6 Å². The van der Waals surface area contributed by atoms with Crippen LogP contribution in [0.25, 0.3) is 0 Å². The summed E-state index contributed by atoms with van der Waals surface area (Å²) >= 11 is 6.52. The average molecular weight is 177 g/mol. The lowest BCUT2D eigenvalue weighted by molar-refractivity contribution is -0.113. The molecule has 1 rings (SSSR count). The van der Waals surface area contributed by atoms with Crippen molar-refractivity contribution in [1.82, 2.24) is 4.37 Å². The van der Waals surface area contributed by atoms with E-state index in [1.54, 1.807) is 11.6 Å². The van der Waals surface area contributed by atoms with Gasteiger partial charge in [-0.1, -0.05) is 0 Å². The highest BCUT2D eigenvalue weighted by Crippen LogP contribution is 2.07. The van der Waals surface area contributed by atoms with E-state index in [9.17, 15) is 4.79 Å². The highest BCUT2D eigenvalue weighted by molar-refractivity contribution is 7.04. The molecule has 3 nitrogen and oxygen atoms in total. The van der Waals surface area contributed by atoms with Crippen LogP contribution in [0.4, 0.5) is 5.69 Å². The number of hydrogen-bond donors (Lipinski definition) is 1. The molecule has 1 heterocycles. The lowest BCUT2D eigenvalue weighted by Crippen LogP contribution is -2.11. The Balaban J connectivity index is 2.48. The summed E-state index contributed by atoms with van der Waals surface area (Å²) in [7, 11) is 0. The molecule has 54 valence electrons. The van der Waals surface area contributed by atoms with E-state index >= 15 is 0 Å². The van der Waals surface area contributed by atoms with E-state index in [2.05, 4.69) is 9.69 Å². The zero-order chi connectivity index (χ0) is 7.40. The van der Waals surface area contributed by atoms with Crippen LogP contribution in [0.15, 0.2) is 11.6 Å². The first-order valence-corrected chi connectivity index (χ1v) is 3.95. The van der Waals surface area contributed by atoms with Crippen molar-refractivity contribution in [1.29, 1.82) is 0 Å². The first kappa shape index (κ1) is 7.50. The third kappa shape index (κ3) is 1.97. The minimum Gasteiger partial charge on any atom is -0.323 e. The maximum atomic E-state index is 10.6. The van der Waals surface area contributed by atoms with Gasteiger partial charge in [0.05, 0.1) is 11.9 Å². The Morgan fingerprint density at radius 3 is 3.20 bits per heavy atom. The second-order valence-corrected chi connectivity index (χ2v) is 2.52. The smallest absolute Gasteiger partial charge is 0.239 e. The van der Waals surface area contributed by atoms with Gasteiger partial charge in [-0.05, 0) is 11.5 Å². The van der Waals surface area contributed by atoms with Crippen LogP contribution in [0.1, 0.15) is 0 Å².